The highest BCUT2D eigenvalue weighted by molar-refractivity contribution is 6.02. The van der Waals surface area contributed by atoms with Crippen molar-refractivity contribution >= 4 is 5.90 Å². The lowest BCUT2D eigenvalue weighted by Crippen LogP contribution is -2.17. The van der Waals surface area contributed by atoms with Crippen LogP contribution in [0.25, 0.3) is 11.1 Å². The number of hydrogen-bond donors (Lipinski definition) is 0. The van der Waals surface area contributed by atoms with E-state index < -0.39 is 0 Å². The topological polar surface area (TPSA) is 40.0 Å². The monoisotopic (exact) mass is 325 g/mol. The average Bonchev–Trinajstić information content (AvgIpc) is 2.96. The van der Waals surface area contributed by atoms with Gasteiger partial charge in [-0.3, -0.25) is 0 Å². The molecule has 0 atom stereocenters. The van der Waals surface area contributed by atoms with E-state index in [-0.39, 0.29) is 12.3 Å². The largest absolute Gasteiger partial charge is 0.475 e. The highest BCUT2D eigenvalue weighted by Crippen LogP contribution is 2.29. The lowest BCUT2D eigenvalue weighted by atomic mass is 9.97. The van der Waals surface area contributed by atoms with E-state index in [0.29, 0.717) is 19.1 Å². The van der Waals surface area contributed by atoms with Gasteiger partial charge in [0.15, 0.2) is 0 Å². The maximum atomic E-state index is 5.88. The van der Waals surface area contributed by atoms with E-state index in [0.717, 1.165) is 22.3 Å². The van der Waals surface area contributed by atoms with E-state index in [9.17, 15) is 0 Å². The average molecular weight is 325 g/mol. The molecular weight excluding hydrogens is 302 g/mol. The lowest BCUT2D eigenvalue weighted by Gasteiger charge is -2.12. The fraction of sp³-hybridized carbons (Fsp3) is 0.350. The second-order valence-corrected chi connectivity index (χ2v) is 6.52. The molecule has 0 N–H and O–H groups in total. The third kappa shape index (κ3) is 3.83. The predicted octanol–water partition coefficient (Wildman–Crippen LogP) is 4.03. The summed E-state index contributed by atoms with van der Waals surface area (Å²) in [7, 11) is 1.62. The van der Waals surface area contributed by atoms with Crippen LogP contribution < -0.4 is 0 Å². The van der Waals surface area contributed by atoms with E-state index in [1.165, 1.54) is 0 Å². The van der Waals surface area contributed by atoms with Gasteiger partial charge in [0.2, 0.25) is 5.90 Å². The number of hydrogen-bond acceptors (Lipinski definition) is 4. The van der Waals surface area contributed by atoms with Crippen LogP contribution in [0.2, 0.25) is 0 Å². The number of rotatable bonds is 6. The Balaban J connectivity index is 1.99. The van der Waals surface area contributed by atoms with Crippen molar-refractivity contribution in [3.05, 3.63) is 59.7 Å². The molecule has 2 aromatic carbocycles. The first kappa shape index (κ1) is 16.7. The Kier molecular flexibility index (Phi) is 4.97. The van der Waals surface area contributed by atoms with E-state index in [4.69, 9.17) is 19.2 Å². The Morgan fingerprint density at radius 1 is 1.08 bits per heavy atom. The maximum absolute atomic E-state index is 5.88. The van der Waals surface area contributed by atoms with Crippen molar-refractivity contribution in [3.63, 3.8) is 0 Å². The molecule has 2 aromatic rings. The molecular formula is C20H23NO3. The Bertz CT molecular complexity index is 723. The molecule has 126 valence electrons. The molecule has 1 aliphatic rings. The molecule has 4 nitrogen and oxygen atoms in total. The van der Waals surface area contributed by atoms with Gasteiger partial charge in [-0.2, -0.15) is 0 Å². The Morgan fingerprint density at radius 3 is 2.54 bits per heavy atom. The first-order chi connectivity index (χ1) is 11.6. The fourth-order valence-electron chi connectivity index (χ4n) is 2.69. The quantitative estimate of drug-likeness (QED) is 0.595. The number of nitrogens with zero attached hydrogens (tertiary/aromatic N) is 1. The van der Waals surface area contributed by atoms with Gasteiger partial charge in [-0.1, -0.05) is 42.5 Å². The van der Waals surface area contributed by atoms with Crippen LogP contribution >= 0.6 is 0 Å². The molecule has 0 aromatic heterocycles. The molecule has 0 unspecified atom stereocenters. The SMILES string of the molecule is COCOCc1ccc(-c2ccccc2)c(C2=NC(C)(C)CO2)c1. The first-order valence-electron chi connectivity index (χ1n) is 8.07. The standard InChI is InChI=1S/C20H23NO3/c1-20(2)13-24-19(21-20)18-11-15(12-23-14-22-3)9-10-17(18)16-7-5-4-6-8-16/h4-11H,12-14H2,1-3H3. The van der Waals surface area contributed by atoms with Gasteiger partial charge in [-0.25, -0.2) is 4.99 Å². The lowest BCUT2D eigenvalue weighted by molar-refractivity contribution is -0.0390. The number of methoxy groups -OCH3 is 1. The zero-order chi connectivity index (χ0) is 17.0. The van der Waals surface area contributed by atoms with Gasteiger partial charge in [-0.15, -0.1) is 0 Å². The maximum Gasteiger partial charge on any atom is 0.217 e. The highest BCUT2D eigenvalue weighted by Gasteiger charge is 2.28. The minimum Gasteiger partial charge on any atom is -0.475 e. The van der Waals surface area contributed by atoms with E-state index >= 15 is 0 Å². The van der Waals surface area contributed by atoms with Gasteiger partial charge in [0.05, 0.1) is 12.1 Å². The zero-order valence-corrected chi connectivity index (χ0v) is 14.4. The molecule has 3 rings (SSSR count). The Morgan fingerprint density at radius 2 is 1.88 bits per heavy atom. The third-order valence-electron chi connectivity index (χ3n) is 3.84. The smallest absolute Gasteiger partial charge is 0.217 e. The van der Waals surface area contributed by atoms with Gasteiger partial charge in [0, 0.05) is 12.7 Å². The molecule has 0 aliphatic carbocycles. The second-order valence-electron chi connectivity index (χ2n) is 6.52. The van der Waals surface area contributed by atoms with Gasteiger partial charge < -0.3 is 14.2 Å². The number of ether oxygens (including phenoxy) is 3. The minimum atomic E-state index is -0.189. The molecule has 0 fully saturated rings. The zero-order valence-electron chi connectivity index (χ0n) is 14.4. The van der Waals surface area contributed by atoms with Crippen molar-refractivity contribution in [3.8, 4) is 11.1 Å². The molecule has 4 heteroatoms. The summed E-state index contributed by atoms with van der Waals surface area (Å²) >= 11 is 0. The van der Waals surface area contributed by atoms with Crippen molar-refractivity contribution in [1.82, 2.24) is 0 Å². The van der Waals surface area contributed by atoms with Gasteiger partial charge in [0.1, 0.15) is 13.4 Å². The van der Waals surface area contributed by atoms with Crippen LogP contribution in [0.1, 0.15) is 25.0 Å². The van der Waals surface area contributed by atoms with Crippen molar-refractivity contribution in [2.45, 2.75) is 26.0 Å². The molecule has 1 heterocycles. The normalized spacial score (nSPS) is 15.9. The van der Waals surface area contributed by atoms with Crippen molar-refractivity contribution < 1.29 is 14.2 Å². The number of aliphatic imine (C=N–C) groups is 1. The summed E-state index contributed by atoms with van der Waals surface area (Å²) in [5.74, 6) is 0.701. The van der Waals surface area contributed by atoms with Crippen LogP contribution in [0.3, 0.4) is 0 Å². The van der Waals surface area contributed by atoms with Crippen LogP contribution in [-0.4, -0.2) is 31.9 Å². The van der Waals surface area contributed by atoms with Gasteiger partial charge in [0.25, 0.3) is 0 Å². The first-order valence-corrected chi connectivity index (χ1v) is 8.07. The van der Waals surface area contributed by atoms with Crippen molar-refractivity contribution in [1.29, 1.82) is 0 Å². The van der Waals surface area contributed by atoms with E-state index in [1.54, 1.807) is 7.11 Å². The van der Waals surface area contributed by atoms with Gasteiger partial charge >= 0.3 is 0 Å². The summed E-state index contributed by atoms with van der Waals surface area (Å²) in [4.78, 5) is 4.74. The molecule has 24 heavy (non-hydrogen) atoms. The molecule has 0 spiro atoms. The Labute approximate surface area is 143 Å². The third-order valence-corrected chi connectivity index (χ3v) is 3.84. The predicted molar refractivity (Wildman–Crippen MR) is 95.1 cm³/mol. The van der Waals surface area contributed by atoms with Gasteiger partial charge in [-0.05, 0) is 36.6 Å². The minimum absolute atomic E-state index is 0.189. The number of benzene rings is 2. The Hall–Kier alpha value is -2.17. The molecule has 0 saturated carbocycles. The molecule has 0 saturated heterocycles. The van der Waals surface area contributed by atoms with E-state index in [2.05, 4.69) is 44.2 Å². The molecule has 0 bridgehead atoms. The molecule has 0 amide bonds. The van der Waals surface area contributed by atoms with Crippen LogP contribution in [0.5, 0.6) is 0 Å². The summed E-state index contributed by atoms with van der Waals surface area (Å²) in [5.41, 5.74) is 4.14. The second kappa shape index (κ2) is 7.16. The summed E-state index contributed by atoms with van der Waals surface area (Å²) < 4.78 is 16.3. The summed E-state index contributed by atoms with van der Waals surface area (Å²) in [6, 6.07) is 16.6. The van der Waals surface area contributed by atoms with Crippen molar-refractivity contribution in [2.75, 3.05) is 20.5 Å². The van der Waals surface area contributed by atoms with Crippen LogP contribution in [0.4, 0.5) is 0 Å². The van der Waals surface area contributed by atoms with E-state index in [1.807, 2.05) is 18.2 Å². The van der Waals surface area contributed by atoms with Crippen LogP contribution in [0.15, 0.2) is 53.5 Å². The summed E-state index contributed by atoms with van der Waals surface area (Å²) in [6.07, 6.45) is 0. The summed E-state index contributed by atoms with van der Waals surface area (Å²) in [5, 5.41) is 0. The van der Waals surface area contributed by atoms with Crippen LogP contribution in [-0.2, 0) is 20.8 Å². The van der Waals surface area contributed by atoms with Crippen LogP contribution in [0, 0.1) is 0 Å². The fourth-order valence-corrected chi connectivity index (χ4v) is 2.69. The molecule has 1 aliphatic heterocycles. The molecule has 0 radical (unpaired) electrons. The summed E-state index contributed by atoms with van der Waals surface area (Å²) in [6.45, 7) is 5.52. The van der Waals surface area contributed by atoms with Crippen molar-refractivity contribution in [2.24, 2.45) is 4.99 Å². The highest BCUT2D eigenvalue weighted by atomic mass is 16.7.